The maximum absolute atomic E-state index is 12.6. The van der Waals surface area contributed by atoms with Gasteiger partial charge in [0.05, 0.1) is 5.56 Å². The third kappa shape index (κ3) is 4.74. The number of nitrogens with zero attached hydrogens (tertiary/aromatic N) is 3. The van der Waals surface area contributed by atoms with Crippen LogP contribution in [0.15, 0.2) is 47.2 Å². The Balaban J connectivity index is 0.00000225. The van der Waals surface area contributed by atoms with Crippen LogP contribution in [0, 0.1) is 12.8 Å². The van der Waals surface area contributed by atoms with Gasteiger partial charge in [0.25, 0.3) is 11.8 Å². The van der Waals surface area contributed by atoms with E-state index in [2.05, 4.69) is 25.8 Å². The fourth-order valence-corrected chi connectivity index (χ4v) is 3.29. The van der Waals surface area contributed by atoms with Gasteiger partial charge in [0.2, 0.25) is 0 Å². The van der Waals surface area contributed by atoms with Crippen LogP contribution in [0.5, 0.6) is 0 Å². The molecule has 1 aromatic carbocycles. The summed E-state index contributed by atoms with van der Waals surface area (Å²) in [5.74, 6) is 1.42. The van der Waals surface area contributed by atoms with Crippen LogP contribution in [0.3, 0.4) is 0 Å². The summed E-state index contributed by atoms with van der Waals surface area (Å²) in [6.07, 6.45) is 5.54. The number of benzene rings is 1. The highest BCUT2D eigenvalue weighted by atomic mass is 35.5. The summed E-state index contributed by atoms with van der Waals surface area (Å²) in [5, 5.41) is 10.1. The highest BCUT2D eigenvalue weighted by Crippen LogP contribution is 2.22. The van der Waals surface area contributed by atoms with Crippen molar-refractivity contribution in [3.8, 4) is 11.5 Å². The van der Waals surface area contributed by atoms with Gasteiger partial charge in [-0.3, -0.25) is 9.78 Å². The smallest absolute Gasteiger partial charge is 0.257 e. The molecular formula is C20H22ClN5O2. The van der Waals surface area contributed by atoms with E-state index in [-0.39, 0.29) is 18.3 Å². The molecule has 3 aromatic rings. The van der Waals surface area contributed by atoms with Gasteiger partial charge in [0.1, 0.15) is 0 Å². The van der Waals surface area contributed by atoms with E-state index in [0.717, 1.165) is 30.6 Å². The Morgan fingerprint density at radius 3 is 2.96 bits per heavy atom. The van der Waals surface area contributed by atoms with Crippen molar-refractivity contribution in [2.75, 3.05) is 18.4 Å². The molecule has 1 aliphatic heterocycles. The SMILES string of the molecule is Cc1noc(-c2cccc(NC(=O)c3cncc(CC4CCNC4)c3)c2)n1.Cl. The summed E-state index contributed by atoms with van der Waals surface area (Å²) in [6, 6.07) is 9.26. The molecule has 0 bridgehead atoms. The number of halogens is 1. The van der Waals surface area contributed by atoms with Crippen molar-refractivity contribution < 1.29 is 9.32 Å². The summed E-state index contributed by atoms with van der Waals surface area (Å²) in [6.45, 7) is 3.85. The van der Waals surface area contributed by atoms with Gasteiger partial charge in [-0.25, -0.2) is 0 Å². The van der Waals surface area contributed by atoms with E-state index < -0.39 is 0 Å². The van der Waals surface area contributed by atoms with Crippen molar-refractivity contribution in [2.24, 2.45) is 5.92 Å². The topological polar surface area (TPSA) is 92.9 Å². The second-order valence-electron chi connectivity index (χ2n) is 6.83. The van der Waals surface area contributed by atoms with E-state index >= 15 is 0 Å². The van der Waals surface area contributed by atoms with Gasteiger partial charge in [0, 0.05) is 23.6 Å². The zero-order valence-electron chi connectivity index (χ0n) is 15.5. The first-order chi connectivity index (χ1) is 13.2. The van der Waals surface area contributed by atoms with Gasteiger partial charge in [-0.2, -0.15) is 4.98 Å². The first-order valence-electron chi connectivity index (χ1n) is 9.04. The molecule has 8 heteroatoms. The number of carbonyl (C=O) groups excluding carboxylic acids is 1. The Bertz CT molecular complexity index is 953. The molecule has 7 nitrogen and oxygen atoms in total. The lowest BCUT2D eigenvalue weighted by Crippen LogP contribution is -2.14. The molecule has 1 atom stereocenters. The molecule has 3 heterocycles. The molecule has 146 valence electrons. The second-order valence-corrected chi connectivity index (χ2v) is 6.83. The summed E-state index contributed by atoms with van der Waals surface area (Å²) < 4.78 is 5.19. The van der Waals surface area contributed by atoms with Crippen molar-refractivity contribution in [3.63, 3.8) is 0 Å². The third-order valence-corrected chi connectivity index (χ3v) is 4.64. The van der Waals surface area contributed by atoms with E-state index in [1.165, 1.54) is 6.42 Å². The molecule has 1 unspecified atom stereocenters. The summed E-state index contributed by atoms with van der Waals surface area (Å²) in [5.41, 5.74) is 3.07. The number of pyridine rings is 1. The fourth-order valence-electron chi connectivity index (χ4n) is 3.29. The first-order valence-corrected chi connectivity index (χ1v) is 9.04. The van der Waals surface area contributed by atoms with E-state index in [1.807, 2.05) is 36.5 Å². The minimum Gasteiger partial charge on any atom is -0.334 e. The van der Waals surface area contributed by atoms with Gasteiger partial charge >= 0.3 is 0 Å². The Morgan fingerprint density at radius 2 is 2.21 bits per heavy atom. The molecule has 28 heavy (non-hydrogen) atoms. The Kier molecular flexibility index (Phi) is 6.38. The number of anilines is 1. The normalized spacial score (nSPS) is 15.8. The van der Waals surface area contributed by atoms with Crippen molar-refractivity contribution >= 4 is 24.0 Å². The van der Waals surface area contributed by atoms with Crippen molar-refractivity contribution in [1.29, 1.82) is 0 Å². The van der Waals surface area contributed by atoms with Crippen LogP contribution in [0.25, 0.3) is 11.5 Å². The minimum atomic E-state index is -0.187. The molecule has 2 aromatic heterocycles. The average molecular weight is 400 g/mol. The number of rotatable bonds is 5. The molecule has 1 fully saturated rings. The largest absolute Gasteiger partial charge is 0.334 e. The molecule has 4 rings (SSSR count). The quantitative estimate of drug-likeness (QED) is 0.684. The molecular weight excluding hydrogens is 378 g/mol. The number of aromatic nitrogens is 3. The maximum atomic E-state index is 12.6. The van der Waals surface area contributed by atoms with E-state index in [0.29, 0.717) is 28.9 Å². The Morgan fingerprint density at radius 1 is 1.32 bits per heavy atom. The lowest BCUT2D eigenvalue weighted by molar-refractivity contribution is 0.102. The monoisotopic (exact) mass is 399 g/mol. The predicted molar refractivity (Wildman–Crippen MR) is 109 cm³/mol. The summed E-state index contributed by atoms with van der Waals surface area (Å²) >= 11 is 0. The third-order valence-electron chi connectivity index (χ3n) is 4.64. The van der Waals surface area contributed by atoms with Crippen molar-refractivity contribution in [2.45, 2.75) is 19.8 Å². The summed E-state index contributed by atoms with van der Waals surface area (Å²) in [4.78, 5) is 21.1. The first kappa shape index (κ1) is 20.0. The molecule has 0 aliphatic carbocycles. The van der Waals surface area contributed by atoms with Crippen LogP contribution in [-0.2, 0) is 6.42 Å². The maximum Gasteiger partial charge on any atom is 0.257 e. The van der Waals surface area contributed by atoms with Crippen LogP contribution in [0.1, 0.15) is 28.2 Å². The van der Waals surface area contributed by atoms with Gasteiger partial charge in [0.15, 0.2) is 5.82 Å². The van der Waals surface area contributed by atoms with E-state index in [1.54, 1.807) is 13.1 Å². The van der Waals surface area contributed by atoms with E-state index in [4.69, 9.17) is 4.52 Å². The number of aryl methyl sites for hydroxylation is 1. The number of hydrogen-bond acceptors (Lipinski definition) is 6. The van der Waals surface area contributed by atoms with Gasteiger partial charge in [-0.15, -0.1) is 12.4 Å². The van der Waals surface area contributed by atoms with Gasteiger partial charge < -0.3 is 15.2 Å². The molecule has 1 amide bonds. The summed E-state index contributed by atoms with van der Waals surface area (Å²) in [7, 11) is 0. The van der Waals surface area contributed by atoms with Crippen LogP contribution in [-0.4, -0.2) is 34.1 Å². The minimum absolute atomic E-state index is 0. The molecule has 0 spiro atoms. The number of carbonyl (C=O) groups is 1. The lowest BCUT2D eigenvalue weighted by Gasteiger charge is -2.10. The second kappa shape index (κ2) is 8.95. The standard InChI is InChI=1S/C20H21N5O2.ClH/c1-13-23-20(27-25-13)16-3-2-4-18(9-16)24-19(26)17-8-15(11-22-12-17)7-14-5-6-21-10-14;/h2-4,8-9,11-12,14,21H,5-7,10H2,1H3,(H,24,26);1H. The van der Waals surface area contributed by atoms with Crippen LogP contribution in [0.2, 0.25) is 0 Å². The lowest BCUT2D eigenvalue weighted by atomic mass is 9.99. The zero-order chi connectivity index (χ0) is 18.6. The molecule has 0 radical (unpaired) electrons. The van der Waals surface area contributed by atoms with Crippen LogP contribution in [0.4, 0.5) is 5.69 Å². The molecule has 1 aliphatic rings. The average Bonchev–Trinajstić information content (AvgIpc) is 3.34. The highest BCUT2D eigenvalue weighted by molar-refractivity contribution is 6.04. The molecule has 2 N–H and O–H groups in total. The van der Waals surface area contributed by atoms with Gasteiger partial charge in [-0.1, -0.05) is 11.2 Å². The number of amides is 1. The van der Waals surface area contributed by atoms with E-state index in [9.17, 15) is 4.79 Å². The number of nitrogens with one attached hydrogen (secondary N) is 2. The fraction of sp³-hybridized carbons (Fsp3) is 0.300. The zero-order valence-corrected chi connectivity index (χ0v) is 16.3. The molecule has 0 saturated carbocycles. The van der Waals surface area contributed by atoms with Crippen LogP contribution < -0.4 is 10.6 Å². The van der Waals surface area contributed by atoms with Crippen molar-refractivity contribution in [3.05, 3.63) is 59.7 Å². The predicted octanol–water partition coefficient (Wildman–Crippen LogP) is 3.27. The molecule has 1 saturated heterocycles. The van der Waals surface area contributed by atoms with Gasteiger partial charge in [-0.05, 0) is 68.6 Å². The van der Waals surface area contributed by atoms with Crippen molar-refractivity contribution in [1.82, 2.24) is 20.4 Å². The number of hydrogen-bond donors (Lipinski definition) is 2. The van der Waals surface area contributed by atoms with Crippen LogP contribution >= 0.6 is 12.4 Å². The Labute approximate surface area is 169 Å². The highest BCUT2D eigenvalue weighted by Gasteiger charge is 2.16. The Hall–Kier alpha value is -2.77.